The molecule has 2 rings (SSSR count). The zero-order valence-electron chi connectivity index (χ0n) is 17.0. The van der Waals surface area contributed by atoms with Gasteiger partial charge in [0.1, 0.15) is 12.4 Å². The van der Waals surface area contributed by atoms with Crippen LogP contribution < -0.4 is 10.1 Å². The third-order valence-electron chi connectivity index (χ3n) is 4.63. The van der Waals surface area contributed by atoms with Crippen molar-refractivity contribution in [3.63, 3.8) is 0 Å². The number of para-hydroxylation sites is 1. The molecule has 5 heteroatoms. The van der Waals surface area contributed by atoms with Gasteiger partial charge in [-0.2, -0.15) is 0 Å². The highest BCUT2D eigenvalue weighted by atomic mass is 16.5. The Balaban J connectivity index is 1.91. The number of hydrogen-bond acceptors (Lipinski definition) is 3. The van der Waals surface area contributed by atoms with Gasteiger partial charge in [-0.15, -0.1) is 0 Å². The highest BCUT2D eigenvalue weighted by Gasteiger charge is 2.24. The van der Waals surface area contributed by atoms with Crippen LogP contribution in [0, 0.1) is 5.92 Å². The molecule has 0 amide bonds. The first kappa shape index (κ1) is 20.6. The molecule has 1 unspecified atom stereocenters. The number of nitrogens with zero attached hydrogens (tertiary/aromatic N) is 2. The highest BCUT2D eigenvalue weighted by molar-refractivity contribution is 5.80. The van der Waals surface area contributed by atoms with E-state index in [4.69, 9.17) is 14.5 Å². The first-order valence-electron chi connectivity index (χ1n) is 9.70. The Hall–Kier alpha value is -1.75. The van der Waals surface area contributed by atoms with Gasteiger partial charge in [-0.05, 0) is 30.4 Å². The van der Waals surface area contributed by atoms with Gasteiger partial charge in [0.15, 0.2) is 5.96 Å². The summed E-state index contributed by atoms with van der Waals surface area (Å²) in [4.78, 5) is 7.09. The fourth-order valence-electron chi connectivity index (χ4n) is 3.34. The maximum Gasteiger partial charge on any atom is 0.194 e. The molecule has 1 N–H and O–H groups in total. The van der Waals surface area contributed by atoms with E-state index in [1.807, 2.05) is 12.1 Å². The van der Waals surface area contributed by atoms with Gasteiger partial charge < -0.3 is 19.7 Å². The number of benzene rings is 1. The lowest BCUT2D eigenvalue weighted by Crippen LogP contribution is -2.40. The molecule has 1 aromatic rings. The quantitative estimate of drug-likeness (QED) is 0.460. The van der Waals surface area contributed by atoms with Crippen LogP contribution in [0.1, 0.15) is 39.7 Å². The van der Waals surface area contributed by atoms with Crippen LogP contribution in [0.5, 0.6) is 5.75 Å². The molecule has 146 valence electrons. The van der Waals surface area contributed by atoms with Crippen molar-refractivity contribution in [1.82, 2.24) is 10.2 Å². The van der Waals surface area contributed by atoms with E-state index in [0.717, 1.165) is 44.4 Å². The lowest BCUT2D eigenvalue weighted by Gasteiger charge is -2.23. The normalized spacial score (nSPS) is 18.3. The molecule has 1 aliphatic heterocycles. The number of nitrogens with one attached hydrogen (secondary N) is 1. The number of aliphatic imine (C=N–C) groups is 1. The Morgan fingerprint density at radius 2 is 2.08 bits per heavy atom. The Bertz CT molecular complexity index is 581. The smallest absolute Gasteiger partial charge is 0.194 e. The minimum Gasteiger partial charge on any atom is -0.491 e. The molecule has 0 aromatic heterocycles. The number of likely N-dealkylation sites (tertiary alicyclic amines) is 1. The Kier molecular flexibility index (Phi) is 7.76. The summed E-state index contributed by atoms with van der Waals surface area (Å²) in [5.74, 6) is 2.54. The van der Waals surface area contributed by atoms with Gasteiger partial charge in [0, 0.05) is 32.7 Å². The molecular weight excluding hydrogens is 326 g/mol. The van der Waals surface area contributed by atoms with Crippen molar-refractivity contribution in [2.24, 2.45) is 10.9 Å². The van der Waals surface area contributed by atoms with Gasteiger partial charge in [-0.25, -0.2) is 4.99 Å². The summed E-state index contributed by atoms with van der Waals surface area (Å²) in [6.07, 6.45) is 1.16. The van der Waals surface area contributed by atoms with Crippen molar-refractivity contribution in [3.05, 3.63) is 29.8 Å². The average Bonchev–Trinajstić information content (AvgIpc) is 3.06. The van der Waals surface area contributed by atoms with Crippen LogP contribution in [-0.2, 0) is 10.2 Å². The molecule has 0 spiro atoms. The van der Waals surface area contributed by atoms with Crippen molar-refractivity contribution in [2.45, 2.75) is 39.5 Å². The first-order valence-corrected chi connectivity index (χ1v) is 9.70. The lowest BCUT2D eigenvalue weighted by molar-refractivity contribution is 0.157. The Labute approximate surface area is 158 Å². The standard InChI is InChI=1S/C21H35N3O2/c1-6-22-20(24-13-11-17(15-24)16-25-5)23-12-14-26-19-10-8-7-9-18(19)21(2,3)4/h7-10,17H,6,11-16H2,1-5H3,(H,22,23). The summed E-state index contributed by atoms with van der Waals surface area (Å²) in [7, 11) is 1.77. The third kappa shape index (κ3) is 5.90. The van der Waals surface area contributed by atoms with Crippen LogP contribution in [0.4, 0.5) is 0 Å². The van der Waals surface area contributed by atoms with Gasteiger partial charge in [0.05, 0.1) is 13.2 Å². The molecular formula is C21H35N3O2. The van der Waals surface area contributed by atoms with Crippen molar-refractivity contribution < 1.29 is 9.47 Å². The molecule has 0 saturated carbocycles. The van der Waals surface area contributed by atoms with E-state index >= 15 is 0 Å². The number of rotatable bonds is 7. The van der Waals surface area contributed by atoms with Gasteiger partial charge in [0.25, 0.3) is 0 Å². The van der Waals surface area contributed by atoms with Crippen molar-refractivity contribution in [2.75, 3.05) is 46.5 Å². The summed E-state index contributed by atoms with van der Waals surface area (Å²) < 4.78 is 11.3. The minimum atomic E-state index is 0.0701. The Morgan fingerprint density at radius 1 is 1.31 bits per heavy atom. The Morgan fingerprint density at radius 3 is 2.77 bits per heavy atom. The third-order valence-corrected chi connectivity index (χ3v) is 4.63. The summed E-state index contributed by atoms with van der Waals surface area (Å²) in [5, 5.41) is 3.40. The topological polar surface area (TPSA) is 46.1 Å². The molecule has 1 aromatic carbocycles. The summed E-state index contributed by atoms with van der Waals surface area (Å²) in [6, 6.07) is 8.28. The van der Waals surface area contributed by atoms with E-state index in [0.29, 0.717) is 19.1 Å². The van der Waals surface area contributed by atoms with Crippen LogP contribution in [0.15, 0.2) is 29.3 Å². The molecule has 0 radical (unpaired) electrons. The number of ether oxygens (including phenoxy) is 2. The molecule has 26 heavy (non-hydrogen) atoms. The van der Waals surface area contributed by atoms with E-state index in [-0.39, 0.29) is 5.41 Å². The van der Waals surface area contributed by atoms with Crippen molar-refractivity contribution >= 4 is 5.96 Å². The fourth-order valence-corrected chi connectivity index (χ4v) is 3.34. The van der Waals surface area contributed by atoms with Crippen LogP contribution in [0.2, 0.25) is 0 Å². The molecule has 0 aliphatic carbocycles. The molecule has 1 heterocycles. The predicted octanol–water partition coefficient (Wildman–Crippen LogP) is 3.30. The van der Waals surface area contributed by atoms with Gasteiger partial charge in [0.2, 0.25) is 0 Å². The van der Waals surface area contributed by atoms with Crippen LogP contribution in [0.25, 0.3) is 0 Å². The molecule has 1 saturated heterocycles. The van der Waals surface area contributed by atoms with E-state index in [9.17, 15) is 0 Å². The monoisotopic (exact) mass is 361 g/mol. The fraction of sp³-hybridized carbons (Fsp3) is 0.667. The highest BCUT2D eigenvalue weighted by Crippen LogP contribution is 2.30. The second-order valence-electron chi connectivity index (χ2n) is 7.89. The summed E-state index contributed by atoms with van der Waals surface area (Å²) in [6.45, 7) is 13.7. The zero-order valence-corrected chi connectivity index (χ0v) is 17.0. The van der Waals surface area contributed by atoms with Crippen LogP contribution in [-0.4, -0.2) is 57.4 Å². The minimum absolute atomic E-state index is 0.0701. The molecule has 1 aliphatic rings. The summed E-state index contributed by atoms with van der Waals surface area (Å²) >= 11 is 0. The molecule has 0 bridgehead atoms. The number of methoxy groups -OCH3 is 1. The van der Waals surface area contributed by atoms with E-state index < -0.39 is 0 Å². The lowest BCUT2D eigenvalue weighted by atomic mass is 9.86. The number of hydrogen-bond donors (Lipinski definition) is 1. The van der Waals surface area contributed by atoms with E-state index in [1.165, 1.54) is 5.56 Å². The summed E-state index contributed by atoms with van der Waals surface area (Å²) in [5.41, 5.74) is 1.30. The second-order valence-corrected chi connectivity index (χ2v) is 7.89. The molecule has 1 atom stereocenters. The van der Waals surface area contributed by atoms with Gasteiger partial charge in [-0.1, -0.05) is 39.0 Å². The van der Waals surface area contributed by atoms with Crippen molar-refractivity contribution in [3.8, 4) is 5.75 Å². The van der Waals surface area contributed by atoms with E-state index in [1.54, 1.807) is 7.11 Å². The van der Waals surface area contributed by atoms with Crippen molar-refractivity contribution in [1.29, 1.82) is 0 Å². The maximum absolute atomic E-state index is 6.04. The average molecular weight is 362 g/mol. The van der Waals surface area contributed by atoms with E-state index in [2.05, 4.69) is 50.0 Å². The molecule has 5 nitrogen and oxygen atoms in total. The largest absolute Gasteiger partial charge is 0.491 e. The zero-order chi connectivity index (χ0) is 19.0. The van der Waals surface area contributed by atoms with Crippen LogP contribution >= 0.6 is 0 Å². The second kappa shape index (κ2) is 9.81. The SMILES string of the molecule is CCNC(=NCCOc1ccccc1C(C)(C)C)N1CCC(COC)C1. The first-order chi connectivity index (χ1) is 12.5. The maximum atomic E-state index is 6.04. The molecule has 1 fully saturated rings. The van der Waals surface area contributed by atoms with Crippen LogP contribution in [0.3, 0.4) is 0 Å². The number of guanidine groups is 1. The predicted molar refractivity (Wildman–Crippen MR) is 108 cm³/mol. The van der Waals surface area contributed by atoms with Gasteiger partial charge in [-0.3, -0.25) is 0 Å². The van der Waals surface area contributed by atoms with Gasteiger partial charge >= 0.3 is 0 Å².